The van der Waals surface area contributed by atoms with Gasteiger partial charge in [-0.1, -0.05) is 0 Å². The highest BCUT2D eigenvalue weighted by molar-refractivity contribution is 5.95. The molecule has 1 amide bonds. The molecule has 0 unspecified atom stereocenters. The lowest BCUT2D eigenvalue weighted by atomic mass is 10.2. The van der Waals surface area contributed by atoms with Gasteiger partial charge in [-0.2, -0.15) is 0 Å². The highest BCUT2D eigenvalue weighted by atomic mass is 16.6. The molecule has 1 heterocycles. The quantitative estimate of drug-likeness (QED) is 0.531. The van der Waals surface area contributed by atoms with E-state index in [-0.39, 0.29) is 18.0 Å². The monoisotopic (exact) mass is 222 g/mol. The van der Waals surface area contributed by atoms with Crippen LogP contribution < -0.4 is 9.64 Å². The summed E-state index contributed by atoms with van der Waals surface area (Å²) in [4.78, 5) is 23.0. The predicted molar refractivity (Wildman–Crippen MR) is 56.6 cm³/mol. The second-order valence-corrected chi connectivity index (χ2v) is 3.46. The van der Waals surface area contributed by atoms with Crippen LogP contribution in [0.5, 0.6) is 5.75 Å². The summed E-state index contributed by atoms with van der Waals surface area (Å²) in [5, 5.41) is 10.6. The molecule has 84 valence electrons. The predicted octanol–water partition coefficient (Wildman–Crippen LogP) is 1.34. The van der Waals surface area contributed by atoms with E-state index in [0.29, 0.717) is 18.0 Å². The Kier molecular flexibility index (Phi) is 2.47. The van der Waals surface area contributed by atoms with Gasteiger partial charge in [0.1, 0.15) is 5.75 Å². The van der Waals surface area contributed by atoms with E-state index < -0.39 is 4.92 Å². The smallest absolute Gasteiger partial charge is 0.271 e. The molecule has 0 saturated heterocycles. The van der Waals surface area contributed by atoms with Gasteiger partial charge < -0.3 is 9.64 Å². The summed E-state index contributed by atoms with van der Waals surface area (Å²) in [5.41, 5.74) is 0.389. The third-order valence-electron chi connectivity index (χ3n) is 2.46. The van der Waals surface area contributed by atoms with Crippen molar-refractivity contribution in [1.29, 1.82) is 0 Å². The second kappa shape index (κ2) is 3.80. The number of carbonyl (C=O) groups excluding carboxylic acids is 1. The molecule has 0 aliphatic carbocycles. The number of hydrogen-bond acceptors (Lipinski definition) is 4. The first-order valence-corrected chi connectivity index (χ1v) is 4.77. The highest BCUT2D eigenvalue weighted by Gasteiger charge is 2.22. The molecule has 0 aromatic heterocycles. The summed E-state index contributed by atoms with van der Waals surface area (Å²) in [5.74, 6) is 0.387. The van der Waals surface area contributed by atoms with E-state index in [1.54, 1.807) is 7.05 Å². The van der Waals surface area contributed by atoms with Crippen molar-refractivity contribution >= 4 is 17.3 Å². The van der Waals surface area contributed by atoms with E-state index in [0.717, 1.165) is 0 Å². The number of nitro groups is 1. The number of amides is 1. The van der Waals surface area contributed by atoms with Crippen molar-refractivity contribution in [1.82, 2.24) is 0 Å². The number of nitrogens with zero attached hydrogens (tertiary/aromatic N) is 2. The summed E-state index contributed by atoms with van der Waals surface area (Å²) >= 11 is 0. The van der Waals surface area contributed by atoms with Crippen molar-refractivity contribution in [2.24, 2.45) is 0 Å². The molecule has 1 aromatic rings. The van der Waals surface area contributed by atoms with E-state index in [1.807, 2.05) is 0 Å². The number of rotatable bonds is 1. The summed E-state index contributed by atoms with van der Waals surface area (Å²) in [6.07, 6.45) is 0.277. The molecule has 6 nitrogen and oxygen atoms in total. The minimum absolute atomic E-state index is 0.0519. The average Bonchev–Trinajstić information content (AvgIpc) is 2.40. The van der Waals surface area contributed by atoms with Crippen molar-refractivity contribution in [3.63, 3.8) is 0 Å². The van der Waals surface area contributed by atoms with Gasteiger partial charge >= 0.3 is 0 Å². The topological polar surface area (TPSA) is 72.7 Å². The molecule has 16 heavy (non-hydrogen) atoms. The molecule has 0 radical (unpaired) electrons. The Labute approximate surface area is 91.6 Å². The minimum atomic E-state index is -0.497. The van der Waals surface area contributed by atoms with Gasteiger partial charge in [0.2, 0.25) is 5.91 Å². The molecular formula is C10H10N2O4. The standard InChI is InChI=1S/C10H10N2O4/c1-11-8-6-7(12(14)15)2-3-9(8)16-5-4-10(11)13/h2-3,6H,4-5H2,1H3. The SMILES string of the molecule is CN1C(=O)CCOc2ccc([N+](=O)[O-])cc21. The van der Waals surface area contributed by atoms with E-state index in [4.69, 9.17) is 4.74 Å². The molecule has 2 rings (SSSR count). The largest absolute Gasteiger partial charge is 0.491 e. The number of ether oxygens (including phenoxy) is 1. The summed E-state index contributed by atoms with van der Waals surface area (Å²) in [6, 6.07) is 4.23. The van der Waals surface area contributed by atoms with Gasteiger partial charge in [0.25, 0.3) is 5.69 Å². The maximum absolute atomic E-state index is 11.5. The van der Waals surface area contributed by atoms with Gasteiger partial charge in [-0.25, -0.2) is 0 Å². The van der Waals surface area contributed by atoms with Crippen LogP contribution in [-0.4, -0.2) is 24.5 Å². The van der Waals surface area contributed by atoms with Crippen LogP contribution in [0.1, 0.15) is 6.42 Å². The van der Waals surface area contributed by atoms with Gasteiger partial charge in [-0.05, 0) is 6.07 Å². The summed E-state index contributed by atoms with van der Waals surface area (Å²) < 4.78 is 5.34. The first-order valence-electron chi connectivity index (χ1n) is 4.77. The van der Waals surface area contributed by atoms with Crippen molar-refractivity contribution in [2.45, 2.75) is 6.42 Å². The Bertz CT molecular complexity index is 458. The van der Waals surface area contributed by atoms with Gasteiger partial charge in [0.05, 0.1) is 23.6 Å². The molecule has 0 saturated carbocycles. The van der Waals surface area contributed by atoms with Crippen LogP contribution in [0.2, 0.25) is 0 Å². The summed E-state index contributed by atoms with van der Waals surface area (Å²) in [7, 11) is 1.58. The number of hydrogen-bond donors (Lipinski definition) is 0. The van der Waals surface area contributed by atoms with E-state index >= 15 is 0 Å². The number of benzene rings is 1. The zero-order chi connectivity index (χ0) is 11.7. The highest BCUT2D eigenvalue weighted by Crippen LogP contribution is 2.33. The van der Waals surface area contributed by atoms with Crippen molar-refractivity contribution in [3.8, 4) is 5.75 Å². The molecule has 0 bridgehead atoms. The van der Waals surface area contributed by atoms with Crippen LogP contribution in [0.3, 0.4) is 0 Å². The van der Waals surface area contributed by atoms with Crippen LogP contribution >= 0.6 is 0 Å². The molecular weight excluding hydrogens is 212 g/mol. The third kappa shape index (κ3) is 1.69. The first kappa shape index (κ1) is 10.4. The Hall–Kier alpha value is -2.11. The number of carbonyl (C=O) groups is 1. The molecule has 6 heteroatoms. The third-order valence-corrected chi connectivity index (χ3v) is 2.46. The van der Waals surface area contributed by atoms with Crippen molar-refractivity contribution in [2.75, 3.05) is 18.6 Å². The zero-order valence-electron chi connectivity index (χ0n) is 8.67. The van der Waals surface area contributed by atoms with Crippen LogP contribution in [0, 0.1) is 10.1 Å². The van der Waals surface area contributed by atoms with Gasteiger partial charge in [0.15, 0.2) is 0 Å². The van der Waals surface area contributed by atoms with Crippen LogP contribution in [0.15, 0.2) is 18.2 Å². The molecule has 0 N–H and O–H groups in total. The zero-order valence-corrected chi connectivity index (χ0v) is 8.67. The molecule has 0 fully saturated rings. The normalized spacial score (nSPS) is 15.1. The maximum Gasteiger partial charge on any atom is 0.271 e. The lowest BCUT2D eigenvalue weighted by molar-refractivity contribution is -0.384. The van der Waals surface area contributed by atoms with E-state index in [2.05, 4.69) is 0 Å². The average molecular weight is 222 g/mol. The fourth-order valence-electron chi connectivity index (χ4n) is 1.55. The lowest BCUT2D eigenvalue weighted by Crippen LogP contribution is -2.25. The van der Waals surface area contributed by atoms with Gasteiger partial charge in [0, 0.05) is 19.2 Å². The van der Waals surface area contributed by atoms with E-state index in [9.17, 15) is 14.9 Å². The summed E-state index contributed by atoms with van der Waals surface area (Å²) in [6.45, 7) is 0.300. The van der Waals surface area contributed by atoms with Crippen LogP contribution in [0.4, 0.5) is 11.4 Å². The fraction of sp³-hybridized carbons (Fsp3) is 0.300. The molecule has 1 aliphatic heterocycles. The second-order valence-electron chi connectivity index (χ2n) is 3.46. The van der Waals surface area contributed by atoms with Crippen molar-refractivity contribution in [3.05, 3.63) is 28.3 Å². The lowest BCUT2D eigenvalue weighted by Gasteiger charge is -2.15. The van der Waals surface area contributed by atoms with Crippen molar-refractivity contribution < 1.29 is 14.5 Å². The van der Waals surface area contributed by atoms with Gasteiger partial charge in [-0.3, -0.25) is 14.9 Å². The Morgan fingerprint density at radius 1 is 1.50 bits per heavy atom. The Balaban J connectivity index is 2.50. The number of anilines is 1. The Morgan fingerprint density at radius 2 is 2.25 bits per heavy atom. The van der Waals surface area contributed by atoms with E-state index in [1.165, 1.54) is 23.1 Å². The molecule has 1 aromatic carbocycles. The minimum Gasteiger partial charge on any atom is -0.491 e. The first-order chi connectivity index (χ1) is 7.59. The number of non-ortho nitro benzene ring substituents is 1. The van der Waals surface area contributed by atoms with Gasteiger partial charge in [-0.15, -0.1) is 0 Å². The molecule has 0 spiro atoms. The maximum atomic E-state index is 11.5. The van der Waals surface area contributed by atoms with Crippen LogP contribution in [-0.2, 0) is 4.79 Å². The van der Waals surface area contributed by atoms with Crippen LogP contribution in [0.25, 0.3) is 0 Å². The fourth-order valence-corrected chi connectivity index (χ4v) is 1.55. The molecule has 1 aliphatic rings. The number of fused-ring (bicyclic) bond motifs is 1. The molecule has 0 atom stereocenters. The Morgan fingerprint density at radius 3 is 2.94 bits per heavy atom. The number of nitro benzene ring substituents is 1.